The van der Waals surface area contributed by atoms with E-state index < -0.39 is 48.5 Å². The fraction of sp³-hybridized carbons (Fsp3) is 0.600. The van der Waals surface area contributed by atoms with Crippen LogP contribution in [0.15, 0.2) is 58.6 Å². The molecule has 44 heavy (non-hydrogen) atoms. The molecule has 1 aromatic heterocycles. The molecule has 0 radical (unpaired) electrons. The van der Waals surface area contributed by atoms with Gasteiger partial charge in [0.1, 0.15) is 0 Å². The number of carbonyl (C=O) groups excluding carboxylic acids is 1. The highest BCUT2D eigenvalue weighted by atomic mass is 32.1. The minimum absolute atomic E-state index is 0.0510. The maximum Gasteiger partial charge on any atom is 0.334 e. The van der Waals surface area contributed by atoms with Crippen LogP contribution < -0.4 is 0 Å². The first kappa shape index (κ1) is 37.8. The van der Waals surface area contributed by atoms with Crippen molar-refractivity contribution in [1.82, 2.24) is 4.98 Å². The van der Waals surface area contributed by atoms with E-state index in [2.05, 4.69) is 11.9 Å². The lowest BCUT2D eigenvalue weighted by molar-refractivity contribution is -0.165. The van der Waals surface area contributed by atoms with Crippen LogP contribution in [0.4, 0.5) is 0 Å². The van der Waals surface area contributed by atoms with E-state index in [4.69, 9.17) is 4.74 Å². The zero-order valence-corrected chi connectivity index (χ0v) is 27.9. The highest BCUT2D eigenvalue weighted by molar-refractivity contribution is 7.09. The number of hydrogen-bond acceptors (Lipinski definition) is 9. The zero-order valence-electron chi connectivity index (χ0n) is 27.1. The van der Waals surface area contributed by atoms with Gasteiger partial charge in [-0.2, -0.15) is 0 Å². The molecule has 0 saturated carbocycles. The molecule has 1 aliphatic rings. The number of esters is 1. The predicted molar refractivity (Wildman–Crippen MR) is 177 cm³/mol. The number of allylic oxidation sites excluding steroid dienone is 5. The molecule has 8 nitrogen and oxygen atoms in total. The first-order valence-electron chi connectivity index (χ1n) is 15.8. The Bertz CT molecular complexity index is 1180. The maximum atomic E-state index is 13.7. The van der Waals surface area contributed by atoms with Gasteiger partial charge in [-0.3, -0.25) is 0 Å². The number of carbonyl (C=O) groups is 1. The third-order valence-corrected chi connectivity index (χ3v) is 9.27. The van der Waals surface area contributed by atoms with Crippen molar-refractivity contribution in [3.05, 3.63) is 69.3 Å². The highest BCUT2D eigenvalue weighted by Crippen LogP contribution is 2.29. The molecule has 1 aliphatic heterocycles. The Balaban J connectivity index is 2.50. The summed E-state index contributed by atoms with van der Waals surface area (Å²) >= 11 is 1.37. The number of rotatable bonds is 10. The monoisotopic (exact) mass is 631 g/mol. The van der Waals surface area contributed by atoms with Crippen molar-refractivity contribution in [2.75, 3.05) is 0 Å². The summed E-state index contributed by atoms with van der Waals surface area (Å²) in [6.07, 6.45) is 9.58. The maximum absolute atomic E-state index is 13.7. The van der Waals surface area contributed by atoms with E-state index in [1.807, 2.05) is 38.3 Å². The molecular weight excluding hydrogens is 578 g/mol. The smallest absolute Gasteiger partial charge is 0.334 e. The summed E-state index contributed by atoms with van der Waals surface area (Å²) in [6.45, 7) is 11.2. The second-order valence-electron chi connectivity index (χ2n) is 12.0. The fourth-order valence-electron chi connectivity index (χ4n) is 5.05. The molecule has 9 heteroatoms. The van der Waals surface area contributed by atoms with Crippen LogP contribution >= 0.6 is 11.3 Å². The average molecular weight is 632 g/mol. The lowest BCUT2D eigenvalue weighted by Crippen LogP contribution is -2.47. The second kappa shape index (κ2) is 19.2. The van der Waals surface area contributed by atoms with Crippen molar-refractivity contribution >= 4 is 23.4 Å². The summed E-state index contributed by atoms with van der Waals surface area (Å²) < 4.78 is 5.89. The SMILES string of the molecule is C/C=C(C)/C=C(\C)C(O)C(C)[C@H](O)[C@H]1OC(=O)/C(CCCCCC)=C/c2csc(n2)[C@@H](C)[C@H](O)C[C@@H](O)/C=C/C=C\C[C@H]1O. The normalized spacial score (nSPS) is 29.4. The van der Waals surface area contributed by atoms with Crippen molar-refractivity contribution in [1.29, 1.82) is 0 Å². The van der Waals surface area contributed by atoms with Crippen molar-refractivity contribution < 1.29 is 35.1 Å². The number of thiazole rings is 1. The van der Waals surface area contributed by atoms with Crippen LogP contribution in [0.1, 0.15) is 103 Å². The summed E-state index contributed by atoms with van der Waals surface area (Å²) in [4.78, 5) is 18.3. The number of unbranched alkanes of at least 4 members (excludes halogenated alkanes) is 3. The van der Waals surface area contributed by atoms with Gasteiger partial charge in [0.05, 0.1) is 41.2 Å². The van der Waals surface area contributed by atoms with Gasteiger partial charge in [-0.1, -0.05) is 82.1 Å². The van der Waals surface area contributed by atoms with Crippen LogP contribution in [-0.4, -0.2) is 73.1 Å². The molecule has 0 aromatic carbocycles. The predicted octanol–water partition coefficient (Wildman–Crippen LogP) is 5.77. The number of aliphatic hydroxyl groups excluding tert-OH is 5. The van der Waals surface area contributed by atoms with Crippen molar-refractivity contribution in [3.63, 3.8) is 0 Å². The van der Waals surface area contributed by atoms with Crippen LogP contribution in [0.25, 0.3) is 6.08 Å². The van der Waals surface area contributed by atoms with Gasteiger partial charge in [-0.05, 0) is 51.7 Å². The number of aliphatic hydroxyl groups is 5. The first-order chi connectivity index (χ1) is 20.9. The standard InChI is InChI=1S/C35H53NO7S/c1-7-9-10-12-15-26-19-27-21-44-34(36-27)24(5)30(39)20-28(37)16-13-11-14-17-29(38)33(43-35(26)42)32(41)25(6)31(40)23(4)18-22(3)8-2/h8,11,13-14,16,18-19,21,24-25,28-33,37-41H,7,9-10,12,15,17,20H2,1-6H3/b14-11-,16-13+,22-8+,23-18+,26-19+/t24-,25?,28-,29+,30+,31?,32-,33-/m0/s1. The van der Waals surface area contributed by atoms with Crippen LogP contribution in [0.3, 0.4) is 0 Å². The Labute approximate surface area is 267 Å². The van der Waals surface area contributed by atoms with Gasteiger partial charge >= 0.3 is 5.97 Å². The highest BCUT2D eigenvalue weighted by Gasteiger charge is 2.37. The summed E-state index contributed by atoms with van der Waals surface area (Å²) in [5, 5.41) is 57.3. The lowest BCUT2D eigenvalue weighted by Gasteiger charge is -2.33. The van der Waals surface area contributed by atoms with Gasteiger partial charge in [0.25, 0.3) is 0 Å². The molecule has 0 aliphatic carbocycles. The Kier molecular flexibility index (Phi) is 16.5. The van der Waals surface area contributed by atoms with Crippen LogP contribution in [0, 0.1) is 5.92 Å². The molecular formula is C35H53NO7S. The topological polar surface area (TPSA) is 140 Å². The average Bonchev–Trinajstić information content (AvgIpc) is 3.47. The van der Waals surface area contributed by atoms with Gasteiger partial charge < -0.3 is 30.3 Å². The number of cyclic esters (lactones) is 1. The molecule has 2 rings (SSSR count). The summed E-state index contributed by atoms with van der Waals surface area (Å²) in [5.74, 6) is -1.73. The van der Waals surface area contributed by atoms with Gasteiger partial charge in [0.15, 0.2) is 6.10 Å². The Hall–Kier alpha value is -2.40. The molecule has 2 unspecified atom stereocenters. The van der Waals surface area contributed by atoms with Crippen LogP contribution in [0.5, 0.6) is 0 Å². The Morgan fingerprint density at radius 3 is 2.55 bits per heavy atom. The number of hydrogen-bond donors (Lipinski definition) is 5. The van der Waals surface area contributed by atoms with Gasteiger partial charge in [0, 0.05) is 29.2 Å². The van der Waals surface area contributed by atoms with Gasteiger partial charge in [0.2, 0.25) is 0 Å². The Morgan fingerprint density at radius 1 is 1.14 bits per heavy atom. The van der Waals surface area contributed by atoms with Gasteiger partial charge in [-0.25, -0.2) is 9.78 Å². The summed E-state index contributed by atoms with van der Waals surface area (Å²) in [7, 11) is 0. The second-order valence-corrected chi connectivity index (χ2v) is 12.8. The Morgan fingerprint density at radius 2 is 1.86 bits per heavy atom. The van der Waals surface area contributed by atoms with Gasteiger partial charge in [-0.15, -0.1) is 11.3 Å². The zero-order chi connectivity index (χ0) is 32.8. The van der Waals surface area contributed by atoms with Crippen molar-refractivity contribution in [3.8, 4) is 0 Å². The molecule has 0 fully saturated rings. The van der Waals surface area contributed by atoms with Crippen molar-refractivity contribution in [2.45, 2.75) is 129 Å². The molecule has 0 spiro atoms. The fourth-order valence-corrected chi connectivity index (χ4v) is 5.94. The van der Waals surface area contributed by atoms with E-state index in [0.717, 1.165) is 31.3 Å². The quantitative estimate of drug-likeness (QED) is 0.125. The largest absolute Gasteiger partial charge is 0.453 e. The molecule has 2 heterocycles. The molecule has 2 bridgehead atoms. The summed E-state index contributed by atoms with van der Waals surface area (Å²) in [6, 6.07) is 0. The number of aromatic nitrogens is 1. The van der Waals surface area contributed by atoms with Crippen LogP contribution in [0.2, 0.25) is 0 Å². The third-order valence-electron chi connectivity index (χ3n) is 8.20. The number of nitrogens with zero attached hydrogens (tertiary/aromatic N) is 1. The molecule has 0 amide bonds. The van der Waals surface area contributed by atoms with E-state index in [1.54, 1.807) is 44.2 Å². The number of fused-ring (bicyclic) bond motifs is 2. The molecule has 5 N–H and O–H groups in total. The van der Waals surface area contributed by atoms with E-state index in [0.29, 0.717) is 28.3 Å². The van der Waals surface area contributed by atoms with Crippen LogP contribution in [-0.2, 0) is 9.53 Å². The molecule has 1 aromatic rings. The molecule has 246 valence electrons. The van der Waals surface area contributed by atoms with E-state index in [1.165, 1.54) is 11.3 Å². The third kappa shape index (κ3) is 11.8. The number of ether oxygens (including phenoxy) is 1. The van der Waals surface area contributed by atoms with E-state index in [9.17, 15) is 30.3 Å². The lowest BCUT2D eigenvalue weighted by atomic mass is 9.87. The molecule has 8 atom stereocenters. The van der Waals surface area contributed by atoms with Crippen molar-refractivity contribution in [2.24, 2.45) is 5.92 Å². The first-order valence-corrected chi connectivity index (χ1v) is 16.7. The minimum atomic E-state index is -1.37. The minimum Gasteiger partial charge on any atom is -0.453 e. The molecule has 0 saturated heterocycles. The van der Waals surface area contributed by atoms with E-state index in [-0.39, 0.29) is 18.8 Å². The summed E-state index contributed by atoms with van der Waals surface area (Å²) in [5.41, 5.74) is 2.53. The van der Waals surface area contributed by atoms with E-state index >= 15 is 0 Å².